The van der Waals surface area contributed by atoms with E-state index in [1.807, 2.05) is 0 Å². The normalized spacial score (nSPS) is 25.2. The molecular formula is C15H28N2O. The standard InChI is InChI=1S/C15H28N2O/c1-12(13-6-3-2-4-7-13)17-14(18)10-15(11-16)8-5-9-15/h12-13H,2-11,16H2,1H3,(H,17,18)/t12-/m1/s1. The number of hydrogen-bond donors (Lipinski definition) is 2. The molecule has 0 aromatic rings. The Morgan fingerprint density at radius 2 is 1.94 bits per heavy atom. The second-order valence-electron chi connectivity index (χ2n) is 6.49. The molecule has 3 nitrogen and oxygen atoms in total. The van der Waals surface area contributed by atoms with Gasteiger partial charge in [0.05, 0.1) is 0 Å². The molecule has 0 spiro atoms. The maximum Gasteiger partial charge on any atom is 0.220 e. The largest absolute Gasteiger partial charge is 0.353 e. The van der Waals surface area contributed by atoms with Crippen LogP contribution in [0.3, 0.4) is 0 Å². The summed E-state index contributed by atoms with van der Waals surface area (Å²) in [6.45, 7) is 2.84. The molecule has 0 bridgehead atoms. The fourth-order valence-corrected chi connectivity index (χ4v) is 3.53. The van der Waals surface area contributed by atoms with Crippen molar-refractivity contribution in [2.24, 2.45) is 17.1 Å². The number of hydrogen-bond acceptors (Lipinski definition) is 2. The molecule has 1 amide bonds. The molecule has 2 saturated carbocycles. The maximum absolute atomic E-state index is 12.1. The third-order valence-corrected chi connectivity index (χ3v) is 5.13. The van der Waals surface area contributed by atoms with Crippen molar-refractivity contribution in [2.75, 3.05) is 6.54 Å². The lowest BCUT2D eigenvalue weighted by molar-refractivity contribution is -0.125. The summed E-state index contributed by atoms with van der Waals surface area (Å²) in [6.07, 6.45) is 10.7. The third-order valence-electron chi connectivity index (χ3n) is 5.13. The van der Waals surface area contributed by atoms with Gasteiger partial charge in [0.1, 0.15) is 0 Å². The van der Waals surface area contributed by atoms with Crippen molar-refractivity contribution in [2.45, 2.75) is 70.8 Å². The average Bonchev–Trinajstić information content (AvgIpc) is 2.35. The molecule has 18 heavy (non-hydrogen) atoms. The van der Waals surface area contributed by atoms with E-state index in [4.69, 9.17) is 5.73 Å². The van der Waals surface area contributed by atoms with Gasteiger partial charge in [-0.25, -0.2) is 0 Å². The van der Waals surface area contributed by atoms with E-state index in [1.54, 1.807) is 0 Å². The van der Waals surface area contributed by atoms with Crippen LogP contribution in [-0.4, -0.2) is 18.5 Å². The predicted molar refractivity (Wildman–Crippen MR) is 74.1 cm³/mol. The van der Waals surface area contributed by atoms with Crippen LogP contribution in [0.1, 0.15) is 64.7 Å². The minimum absolute atomic E-state index is 0.135. The van der Waals surface area contributed by atoms with Crippen molar-refractivity contribution < 1.29 is 4.79 Å². The van der Waals surface area contributed by atoms with Crippen LogP contribution in [0, 0.1) is 11.3 Å². The average molecular weight is 252 g/mol. The zero-order valence-corrected chi connectivity index (χ0v) is 11.7. The van der Waals surface area contributed by atoms with Gasteiger partial charge in [0.2, 0.25) is 5.91 Å². The van der Waals surface area contributed by atoms with Crippen LogP contribution >= 0.6 is 0 Å². The van der Waals surface area contributed by atoms with E-state index in [0.29, 0.717) is 24.9 Å². The molecule has 0 radical (unpaired) electrons. The van der Waals surface area contributed by atoms with Gasteiger partial charge in [-0.1, -0.05) is 25.7 Å². The highest BCUT2D eigenvalue weighted by Crippen LogP contribution is 2.42. The molecule has 0 unspecified atom stereocenters. The minimum Gasteiger partial charge on any atom is -0.353 e. The van der Waals surface area contributed by atoms with Crippen LogP contribution in [0.4, 0.5) is 0 Å². The minimum atomic E-state index is 0.135. The highest BCUT2D eigenvalue weighted by Gasteiger charge is 2.37. The van der Waals surface area contributed by atoms with Crippen LogP contribution in [0.15, 0.2) is 0 Å². The van der Waals surface area contributed by atoms with E-state index in [2.05, 4.69) is 12.2 Å². The molecular weight excluding hydrogens is 224 g/mol. The van der Waals surface area contributed by atoms with Crippen molar-refractivity contribution in [1.29, 1.82) is 0 Å². The van der Waals surface area contributed by atoms with Crippen molar-refractivity contribution in [3.63, 3.8) is 0 Å². The van der Waals surface area contributed by atoms with Crippen molar-refractivity contribution in [3.8, 4) is 0 Å². The van der Waals surface area contributed by atoms with Crippen molar-refractivity contribution in [1.82, 2.24) is 5.32 Å². The highest BCUT2D eigenvalue weighted by atomic mass is 16.1. The summed E-state index contributed by atoms with van der Waals surface area (Å²) in [5.41, 5.74) is 5.95. The van der Waals surface area contributed by atoms with E-state index in [1.165, 1.54) is 38.5 Å². The van der Waals surface area contributed by atoms with Gasteiger partial charge in [-0.15, -0.1) is 0 Å². The summed E-state index contributed by atoms with van der Waals surface area (Å²) in [5, 5.41) is 3.21. The van der Waals surface area contributed by atoms with Crippen LogP contribution < -0.4 is 11.1 Å². The van der Waals surface area contributed by atoms with Crippen molar-refractivity contribution in [3.05, 3.63) is 0 Å². The van der Waals surface area contributed by atoms with E-state index in [0.717, 1.165) is 12.8 Å². The van der Waals surface area contributed by atoms with Crippen LogP contribution in [-0.2, 0) is 4.79 Å². The Morgan fingerprint density at radius 3 is 2.44 bits per heavy atom. The van der Waals surface area contributed by atoms with E-state index in [9.17, 15) is 4.79 Å². The molecule has 1 atom stereocenters. The maximum atomic E-state index is 12.1. The first kappa shape index (κ1) is 13.9. The highest BCUT2D eigenvalue weighted by molar-refractivity contribution is 5.77. The summed E-state index contributed by atoms with van der Waals surface area (Å²) in [5.74, 6) is 0.913. The topological polar surface area (TPSA) is 55.1 Å². The van der Waals surface area contributed by atoms with Gasteiger partial charge in [0.15, 0.2) is 0 Å². The molecule has 104 valence electrons. The van der Waals surface area contributed by atoms with E-state index >= 15 is 0 Å². The monoisotopic (exact) mass is 252 g/mol. The molecule has 2 aliphatic rings. The molecule has 2 fully saturated rings. The SMILES string of the molecule is C[C@@H](NC(=O)CC1(CN)CCC1)C1CCCCC1. The van der Waals surface area contributed by atoms with Gasteiger partial charge >= 0.3 is 0 Å². The quantitative estimate of drug-likeness (QED) is 0.790. The molecule has 0 aromatic carbocycles. The Morgan fingerprint density at radius 1 is 1.28 bits per heavy atom. The number of nitrogens with one attached hydrogen (secondary N) is 1. The number of carbonyl (C=O) groups excluding carboxylic acids is 1. The van der Waals surface area contributed by atoms with E-state index < -0.39 is 0 Å². The summed E-state index contributed by atoms with van der Waals surface area (Å²) in [4.78, 5) is 12.1. The third kappa shape index (κ3) is 3.25. The van der Waals surface area contributed by atoms with Gasteiger partial charge in [-0.05, 0) is 50.5 Å². The second kappa shape index (κ2) is 6.05. The first-order valence-corrected chi connectivity index (χ1v) is 7.65. The first-order chi connectivity index (χ1) is 8.65. The Hall–Kier alpha value is -0.570. The lowest BCUT2D eigenvalue weighted by atomic mass is 9.66. The predicted octanol–water partition coefficient (Wildman–Crippen LogP) is 2.59. The zero-order chi connectivity index (χ0) is 13.0. The summed E-state index contributed by atoms with van der Waals surface area (Å²) < 4.78 is 0. The van der Waals surface area contributed by atoms with E-state index in [-0.39, 0.29) is 11.3 Å². The molecule has 0 aromatic heterocycles. The Bertz CT molecular complexity index is 275. The summed E-state index contributed by atoms with van der Waals surface area (Å²) in [6, 6.07) is 0.340. The van der Waals surface area contributed by atoms with Crippen LogP contribution in [0.2, 0.25) is 0 Å². The van der Waals surface area contributed by atoms with Gasteiger partial charge < -0.3 is 11.1 Å². The molecule has 2 rings (SSSR count). The molecule has 3 heteroatoms. The number of nitrogens with two attached hydrogens (primary N) is 1. The Kier molecular flexibility index (Phi) is 4.66. The Labute approximate surface area is 111 Å². The molecule has 2 aliphatic carbocycles. The fourth-order valence-electron chi connectivity index (χ4n) is 3.53. The Balaban J connectivity index is 1.76. The lowest BCUT2D eigenvalue weighted by Gasteiger charge is -2.41. The van der Waals surface area contributed by atoms with Crippen LogP contribution in [0.5, 0.6) is 0 Å². The zero-order valence-electron chi connectivity index (χ0n) is 11.7. The number of rotatable bonds is 5. The molecule has 0 heterocycles. The fraction of sp³-hybridized carbons (Fsp3) is 0.933. The first-order valence-electron chi connectivity index (χ1n) is 7.65. The number of carbonyl (C=O) groups is 1. The summed E-state index contributed by atoms with van der Waals surface area (Å²) >= 11 is 0. The van der Waals surface area contributed by atoms with Crippen LogP contribution in [0.25, 0.3) is 0 Å². The molecule has 3 N–H and O–H groups in total. The molecule has 0 aliphatic heterocycles. The van der Waals surface area contributed by atoms with Gasteiger partial charge in [-0.3, -0.25) is 4.79 Å². The summed E-state index contributed by atoms with van der Waals surface area (Å²) in [7, 11) is 0. The lowest BCUT2D eigenvalue weighted by Crippen LogP contribution is -2.45. The smallest absolute Gasteiger partial charge is 0.220 e. The van der Waals surface area contributed by atoms with Gasteiger partial charge in [0.25, 0.3) is 0 Å². The number of amides is 1. The van der Waals surface area contributed by atoms with Gasteiger partial charge in [-0.2, -0.15) is 0 Å². The molecule has 0 saturated heterocycles. The second-order valence-corrected chi connectivity index (χ2v) is 6.49. The van der Waals surface area contributed by atoms with Crippen molar-refractivity contribution >= 4 is 5.91 Å². The van der Waals surface area contributed by atoms with Gasteiger partial charge in [0, 0.05) is 12.5 Å².